The van der Waals surface area contributed by atoms with Gasteiger partial charge in [-0.3, -0.25) is 0 Å². The highest BCUT2D eigenvalue weighted by molar-refractivity contribution is 6.30. The first-order chi connectivity index (χ1) is 9.60. The van der Waals surface area contributed by atoms with Crippen LogP contribution in [-0.2, 0) is 6.61 Å². The summed E-state index contributed by atoms with van der Waals surface area (Å²) in [6, 6.07) is 13.5. The van der Waals surface area contributed by atoms with Crippen molar-refractivity contribution < 1.29 is 4.74 Å². The van der Waals surface area contributed by atoms with E-state index in [2.05, 4.69) is 12.2 Å². The molecule has 0 aliphatic carbocycles. The van der Waals surface area contributed by atoms with Crippen molar-refractivity contribution in [3.05, 3.63) is 63.6 Å². The summed E-state index contributed by atoms with van der Waals surface area (Å²) in [6.07, 6.45) is 0. The Morgan fingerprint density at radius 3 is 2.55 bits per heavy atom. The number of hydrogen-bond donors (Lipinski definition) is 1. The molecule has 20 heavy (non-hydrogen) atoms. The Hall–Kier alpha value is -1.22. The van der Waals surface area contributed by atoms with Gasteiger partial charge in [0.15, 0.2) is 0 Å². The predicted octanol–water partition coefficient (Wildman–Crippen LogP) is 4.85. The lowest BCUT2D eigenvalue weighted by Gasteiger charge is -2.17. The topological polar surface area (TPSA) is 21.3 Å². The van der Waals surface area contributed by atoms with Crippen LogP contribution in [0.3, 0.4) is 0 Å². The van der Waals surface area contributed by atoms with E-state index in [4.69, 9.17) is 27.9 Å². The van der Waals surface area contributed by atoms with Crippen molar-refractivity contribution in [2.24, 2.45) is 0 Å². The van der Waals surface area contributed by atoms with Gasteiger partial charge in [-0.05, 0) is 49.9 Å². The van der Waals surface area contributed by atoms with E-state index in [0.29, 0.717) is 16.7 Å². The summed E-state index contributed by atoms with van der Waals surface area (Å²) in [4.78, 5) is 0. The van der Waals surface area contributed by atoms with Crippen molar-refractivity contribution in [3.63, 3.8) is 0 Å². The molecule has 1 atom stereocenters. The van der Waals surface area contributed by atoms with Crippen LogP contribution >= 0.6 is 23.2 Å². The van der Waals surface area contributed by atoms with Gasteiger partial charge in [0.1, 0.15) is 12.4 Å². The second kappa shape index (κ2) is 6.98. The lowest BCUT2D eigenvalue weighted by atomic mass is 10.1. The van der Waals surface area contributed by atoms with Gasteiger partial charge in [0, 0.05) is 21.7 Å². The third-order valence-corrected chi connectivity index (χ3v) is 3.62. The smallest absolute Gasteiger partial charge is 0.124 e. The average Bonchev–Trinajstić information content (AvgIpc) is 2.45. The van der Waals surface area contributed by atoms with Crippen molar-refractivity contribution in [3.8, 4) is 5.75 Å². The van der Waals surface area contributed by atoms with E-state index in [9.17, 15) is 0 Å². The van der Waals surface area contributed by atoms with Crippen molar-refractivity contribution in [1.29, 1.82) is 0 Å². The minimum atomic E-state index is 0.170. The molecule has 1 unspecified atom stereocenters. The monoisotopic (exact) mass is 309 g/mol. The van der Waals surface area contributed by atoms with Crippen LogP contribution in [-0.4, -0.2) is 7.05 Å². The molecule has 4 heteroatoms. The quantitative estimate of drug-likeness (QED) is 0.852. The van der Waals surface area contributed by atoms with E-state index in [-0.39, 0.29) is 6.04 Å². The minimum Gasteiger partial charge on any atom is -0.489 e. The van der Waals surface area contributed by atoms with Crippen LogP contribution < -0.4 is 10.1 Å². The van der Waals surface area contributed by atoms with E-state index in [1.165, 1.54) is 0 Å². The molecule has 0 aromatic heterocycles. The lowest BCUT2D eigenvalue weighted by Crippen LogP contribution is -2.13. The fraction of sp³-hybridized carbons (Fsp3) is 0.250. The normalized spacial score (nSPS) is 12.2. The second-order valence-corrected chi connectivity index (χ2v) is 5.48. The largest absolute Gasteiger partial charge is 0.489 e. The van der Waals surface area contributed by atoms with Gasteiger partial charge in [0.2, 0.25) is 0 Å². The zero-order chi connectivity index (χ0) is 14.5. The number of ether oxygens (including phenoxy) is 1. The standard InChI is InChI=1S/C16H17Cl2NO/c1-11(19-2)15-9-14(18)6-7-16(15)20-10-12-4-3-5-13(17)8-12/h3-9,11,19H,10H2,1-2H3. The van der Waals surface area contributed by atoms with Gasteiger partial charge in [-0.15, -0.1) is 0 Å². The van der Waals surface area contributed by atoms with Gasteiger partial charge in [-0.25, -0.2) is 0 Å². The molecule has 0 bridgehead atoms. The number of halogens is 2. The number of benzene rings is 2. The van der Waals surface area contributed by atoms with Crippen LogP contribution in [0.5, 0.6) is 5.75 Å². The minimum absolute atomic E-state index is 0.170. The Bertz CT molecular complexity index is 586. The van der Waals surface area contributed by atoms with Crippen LogP contribution in [0.1, 0.15) is 24.1 Å². The van der Waals surface area contributed by atoms with Crippen LogP contribution in [0.25, 0.3) is 0 Å². The molecule has 0 saturated carbocycles. The summed E-state index contributed by atoms with van der Waals surface area (Å²) < 4.78 is 5.90. The Balaban J connectivity index is 2.16. The van der Waals surface area contributed by atoms with E-state index in [0.717, 1.165) is 16.9 Å². The SMILES string of the molecule is CNC(C)c1cc(Cl)ccc1OCc1cccc(Cl)c1. The van der Waals surface area contributed by atoms with E-state index >= 15 is 0 Å². The molecular weight excluding hydrogens is 293 g/mol. The number of nitrogens with one attached hydrogen (secondary N) is 1. The third-order valence-electron chi connectivity index (χ3n) is 3.15. The summed E-state index contributed by atoms with van der Waals surface area (Å²) in [5.74, 6) is 0.830. The molecule has 2 nitrogen and oxygen atoms in total. The van der Waals surface area contributed by atoms with Gasteiger partial charge in [0.05, 0.1) is 0 Å². The van der Waals surface area contributed by atoms with Crippen molar-refractivity contribution in [2.45, 2.75) is 19.6 Å². The van der Waals surface area contributed by atoms with Gasteiger partial charge < -0.3 is 10.1 Å². The maximum atomic E-state index is 6.06. The molecule has 0 heterocycles. The molecule has 1 N–H and O–H groups in total. The summed E-state index contributed by atoms with van der Waals surface area (Å²) in [6.45, 7) is 2.55. The van der Waals surface area contributed by atoms with Gasteiger partial charge in [-0.2, -0.15) is 0 Å². The molecule has 0 spiro atoms. The Labute approximate surface area is 129 Å². The Morgan fingerprint density at radius 1 is 1.10 bits per heavy atom. The van der Waals surface area contributed by atoms with Gasteiger partial charge >= 0.3 is 0 Å². The lowest BCUT2D eigenvalue weighted by molar-refractivity contribution is 0.300. The highest BCUT2D eigenvalue weighted by atomic mass is 35.5. The summed E-state index contributed by atoms with van der Waals surface area (Å²) in [7, 11) is 1.91. The highest BCUT2D eigenvalue weighted by Gasteiger charge is 2.11. The maximum Gasteiger partial charge on any atom is 0.124 e. The molecule has 0 amide bonds. The molecule has 0 radical (unpaired) electrons. The van der Waals surface area contributed by atoms with Crippen LogP contribution in [0.4, 0.5) is 0 Å². The second-order valence-electron chi connectivity index (χ2n) is 4.61. The zero-order valence-corrected chi connectivity index (χ0v) is 13.0. The Kier molecular flexibility index (Phi) is 5.30. The molecule has 106 valence electrons. The Morgan fingerprint density at radius 2 is 1.85 bits per heavy atom. The van der Waals surface area contributed by atoms with E-state index < -0.39 is 0 Å². The summed E-state index contributed by atoms with van der Waals surface area (Å²) in [5.41, 5.74) is 2.08. The molecule has 0 saturated heterocycles. The van der Waals surface area contributed by atoms with Crippen LogP contribution in [0.15, 0.2) is 42.5 Å². The first-order valence-electron chi connectivity index (χ1n) is 6.44. The summed E-state index contributed by atoms with van der Waals surface area (Å²) in [5, 5.41) is 4.62. The predicted molar refractivity (Wildman–Crippen MR) is 84.7 cm³/mol. The molecule has 0 aliphatic heterocycles. The third kappa shape index (κ3) is 3.89. The van der Waals surface area contributed by atoms with Crippen molar-refractivity contribution >= 4 is 23.2 Å². The number of rotatable bonds is 5. The average molecular weight is 310 g/mol. The highest BCUT2D eigenvalue weighted by Crippen LogP contribution is 2.29. The first kappa shape index (κ1) is 15.2. The molecular formula is C16H17Cl2NO. The van der Waals surface area contributed by atoms with Gasteiger partial charge in [0.25, 0.3) is 0 Å². The number of hydrogen-bond acceptors (Lipinski definition) is 2. The molecule has 2 rings (SSSR count). The molecule has 0 aliphatic rings. The molecule has 0 fully saturated rings. The van der Waals surface area contributed by atoms with Crippen LogP contribution in [0.2, 0.25) is 10.0 Å². The van der Waals surface area contributed by atoms with E-state index in [1.807, 2.05) is 49.5 Å². The van der Waals surface area contributed by atoms with Crippen molar-refractivity contribution in [1.82, 2.24) is 5.32 Å². The molecule has 2 aromatic rings. The molecule has 2 aromatic carbocycles. The zero-order valence-electron chi connectivity index (χ0n) is 11.5. The maximum absolute atomic E-state index is 6.06. The van der Waals surface area contributed by atoms with Crippen LogP contribution in [0, 0.1) is 0 Å². The first-order valence-corrected chi connectivity index (χ1v) is 7.19. The van der Waals surface area contributed by atoms with Crippen molar-refractivity contribution in [2.75, 3.05) is 7.05 Å². The summed E-state index contributed by atoms with van der Waals surface area (Å²) >= 11 is 12.0. The fourth-order valence-corrected chi connectivity index (χ4v) is 2.33. The van der Waals surface area contributed by atoms with E-state index in [1.54, 1.807) is 0 Å². The fourth-order valence-electron chi connectivity index (χ4n) is 1.93. The van der Waals surface area contributed by atoms with Gasteiger partial charge in [-0.1, -0.05) is 35.3 Å².